The molecule has 3 aromatic carbocycles. The molecule has 0 unspecified atom stereocenters. The van der Waals surface area contributed by atoms with E-state index in [2.05, 4.69) is 5.32 Å². The van der Waals surface area contributed by atoms with Crippen molar-refractivity contribution in [1.29, 1.82) is 0 Å². The molecule has 0 heterocycles. The van der Waals surface area contributed by atoms with Crippen molar-refractivity contribution in [2.24, 2.45) is 0 Å². The van der Waals surface area contributed by atoms with Crippen LogP contribution in [0.15, 0.2) is 64.4 Å². The van der Waals surface area contributed by atoms with Crippen molar-refractivity contribution >= 4 is 37.1 Å². The Labute approximate surface area is 199 Å². The summed E-state index contributed by atoms with van der Waals surface area (Å²) in [6.07, 6.45) is 0. The molecule has 0 fully saturated rings. The molecule has 0 spiro atoms. The number of nitrogens with one attached hydrogen (secondary N) is 1. The van der Waals surface area contributed by atoms with Crippen molar-refractivity contribution in [1.82, 2.24) is 0 Å². The van der Waals surface area contributed by atoms with Gasteiger partial charge in [-0.25, -0.2) is 8.42 Å². The Kier molecular flexibility index (Phi) is 7.15. The molecule has 3 aromatic rings. The molecule has 0 radical (unpaired) electrons. The quantitative estimate of drug-likeness (QED) is 0.241. The van der Waals surface area contributed by atoms with Gasteiger partial charge >= 0.3 is 0 Å². The number of nitrogens with two attached hydrogens (primary N) is 1. The number of benzene rings is 3. The molecule has 0 aliphatic heterocycles. The number of nitrogen functional groups attached to an aromatic ring is 1. The number of rotatable bonds is 8. The van der Waals surface area contributed by atoms with E-state index in [-0.39, 0.29) is 27.9 Å². The molecule has 0 aromatic heterocycles. The van der Waals surface area contributed by atoms with Crippen molar-refractivity contribution in [3.05, 3.63) is 82.4 Å². The number of ketones is 1. The maximum atomic E-state index is 13.1. The van der Waals surface area contributed by atoms with E-state index in [4.69, 9.17) is 5.73 Å². The summed E-state index contributed by atoms with van der Waals surface area (Å²) in [5.41, 5.74) is 9.16. The van der Waals surface area contributed by atoms with Gasteiger partial charge in [-0.1, -0.05) is 12.1 Å². The molecule has 180 valence electrons. The maximum absolute atomic E-state index is 13.1. The summed E-state index contributed by atoms with van der Waals surface area (Å²) < 4.78 is 58.2. The summed E-state index contributed by atoms with van der Waals surface area (Å²) in [7, 11) is -8.16. The third-order valence-corrected chi connectivity index (χ3v) is 8.17. The minimum atomic E-state index is -4.38. The second kappa shape index (κ2) is 9.57. The van der Waals surface area contributed by atoms with E-state index in [9.17, 15) is 26.2 Å². The van der Waals surface area contributed by atoms with Crippen LogP contribution in [0.4, 0.5) is 11.4 Å². The minimum Gasteiger partial charge on any atom is -0.399 e. The lowest BCUT2D eigenvalue weighted by Gasteiger charge is -2.14. The summed E-state index contributed by atoms with van der Waals surface area (Å²) in [5, 5.41) is 2.92. The van der Waals surface area contributed by atoms with Gasteiger partial charge in [0, 0.05) is 29.0 Å². The Bertz CT molecular complexity index is 1460. The highest BCUT2D eigenvalue weighted by molar-refractivity contribution is 7.91. The Morgan fingerprint density at radius 2 is 1.53 bits per heavy atom. The minimum absolute atomic E-state index is 0.00728. The number of carbonyl (C=O) groups is 1. The van der Waals surface area contributed by atoms with Crippen LogP contribution in [0.3, 0.4) is 0 Å². The monoisotopic (exact) mass is 502 g/mol. The van der Waals surface area contributed by atoms with Gasteiger partial charge in [0.05, 0.1) is 15.5 Å². The van der Waals surface area contributed by atoms with Crippen molar-refractivity contribution in [3.63, 3.8) is 0 Å². The second-order valence-corrected chi connectivity index (χ2v) is 11.6. The summed E-state index contributed by atoms with van der Waals surface area (Å²) in [4.78, 5) is 12.8. The Morgan fingerprint density at radius 1 is 0.882 bits per heavy atom. The number of carbonyl (C=O) groups excluding carboxylic acids is 1. The molecule has 0 bridgehead atoms. The molecule has 0 saturated carbocycles. The van der Waals surface area contributed by atoms with Crippen LogP contribution in [0, 0.1) is 20.8 Å². The molecule has 3 rings (SSSR count). The topological polar surface area (TPSA) is 144 Å². The third-order valence-electron chi connectivity index (χ3n) is 5.47. The molecule has 0 saturated heterocycles. The first-order chi connectivity index (χ1) is 15.8. The van der Waals surface area contributed by atoms with E-state index < -0.39 is 20.0 Å². The first kappa shape index (κ1) is 25.4. The van der Waals surface area contributed by atoms with E-state index >= 15 is 0 Å². The van der Waals surface area contributed by atoms with Gasteiger partial charge in [-0.05, 0) is 79.9 Å². The third kappa shape index (κ3) is 5.64. The summed E-state index contributed by atoms with van der Waals surface area (Å²) >= 11 is 0. The van der Waals surface area contributed by atoms with Gasteiger partial charge < -0.3 is 11.1 Å². The smallest absolute Gasteiger partial charge is 0.294 e. The number of hydrogen-bond acceptors (Lipinski definition) is 7. The van der Waals surface area contributed by atoms with E-state index in [1.54, 1.807) is 51.1 Å². The highest BCUT2D eigenvalue weighted by Gasteiger charge is 2.22. The van der Waals surface area contributed by atoms with Crippen LogP contribution in [0.5, 0.6) is 0 Å². The lowest BCUT2D eigenvalue weighted by atomic mass is 9.97. The molecule has 0 amide bonds. The lowest BCUT2D eigenvalue weighted by Crippen LogP contribution is -2.18. The predicted octanol–water partition coefficient (Wildman–Crippen LogP) is 3.56. The molecule has 8 nitrogen and oxygen atoms in total. The van der Waals surface area contributed by atoms with Crippen molar-refractivity contribution in [3.8, 4) is 0 Å². The zero-order chi connectivity index (χ0) is 25.3. The molecule has 0 atom stereocenters. The fourth-order valence-corrected chi connectivity index (χ4v) is 5.53. The molecular weight excluding hydrogens is 476 g/mol. The van der Waals surface area contributed by atoms with Gasteiger partial charge in [-0.2, -0.15) is 8.42 Å². The first-order valence-corrected chi connectivity index (χ1v) is 13.4. The van der Waals surface area contributed by atoms with Crippen LogP contribution in [0.25, 0.3) is 0 Å². The van der Waals surface area contributed by atoms with Gasteiger partial charge in [0.15, 0.2) is 15.6 Å². The number of sulfone groups is 1. The number of anilines is 2. The zero-order valence-corrected chi connectivity index (χ0v) is 20.6. The van der Waals surface area contributed by atoms with E-state index in [1.807, 2.05) is 0 Å². The van der Waals surface area contributed by atoms with Crippen molar-refractivity contribution < 1.29 is 26.2 Å². The normalized spacial score (nSPS) is 11.9. The lowest BCUT2D eigenvalue weighted by molar-refractivity contribution is 0.103. The molecule has 4 N–H and O–H groups in total. The predicted molar refractivity (Wildman–Crippen MR) is 132 cm³/mol. The van der Waals surface area contributed by atoms with E-state index in [1.165, 1.54) is 24.3 Å². The number of aryl methyl sites for hydroxylation is 3. The average molecular weight is 503 g/mol. The largest absolute Gasteiger partial charge is 0.399 e. The van der Waals surface area contributed by atoms with Crippen molar-refractivity contribution in [2.75, 3.05) is 23.3 Å². The summed E-state index contributed by atoms with van der Waals surface area (Å²) in [6.45, 7) is 5.14. The van der Waals surface area contributed by atoms with Crippen LogP contribution in [-0.2, 0) is 20.0 Å². The Morgan fingerprint density at radius 3 is 2.15 bits per heavy atom. The average Bonchev–Trinajstić information content (AvgIpc) is 2.74. The van der Waals surface area contributed by atoms with Crippen LogP contribution in [0.1, 0.15) is 32.6 Å². The maximum Gasteiger partial charge on any atom is 0.294 e. The first-order valence-electron chi connectivity index (χ1n) is 10.4. The van der Waals surface area contributed by atoms with Gasteiger partial charge in [0.25, 0.3) is 10.1 Å². The van der Waals surface area contributed by atoms with Gasteiger partial charge in [-0.15, -0.1) is 0 Å². The summed E-state index contributed by atoms with van der Waals surface area (Å²) in [6, 6.07) is 13.5. The van der Waals surface area contributed by atoms with Gasteiger partial charge in [0.2, 0.25) is 0 Å². The molecule has 10 heteroatoms. The fraction of sp³-hybridized carbons (Fsp3) is 0.208. The van der Waals surface area contributed by atoms with Crippen LogP contribution in [-0.4, -0.2) is 39.5 Å². The van der Waals surface area contributed by atoms with Gasteiger partial charge in [-0.3, -0.25) is 9.35 Å². The second-order valence-electron chi connectivity index (χ2n) is 8.08. The van der Waals surface area contributed by atoms with E-state index in [0.717, 1.165) is 0 Å². The molecule has 34 heavy (non-hydrogen) atoms. The molecule has 0 aliphatic rings. The van der Waals surface area contributed by atoms with Crippen LogP contribution in [0.2, 0.25) is 0 Å². The van der Waals surface area contributed by atoms with Crippen LogP contribution >= 0.6 is 0 Å². The number of hydrogen-bond donors (Lipinski definition) is 3. The fourth-order valence-electron chi connectivity index (χ4n) is 3.58. The highest BCUT2D eigenvalue weighted by atomic mass is 32.2. The van der Waals surface area contributed by atoms with Gasteiger partial charge in [0.1, 0.15) is 0 Å². The zero-order valence-electron chi connectivity index (χ0n) is 19.0. The standard InChI is InChI=1S/C24H26N2O6S2/c1-15-4-9-20(34(30,31)32)13-22(15)26-10-11-33(28,29)23-14-21(16(2)12-17(23)3)24(27)18-5-7-19(25)8-6-18/h4-9,12-14,26H,10-11,25H2,1-3H3,(H,30,31,32). The Hall–Kier alpha value is -3.21. The summed E-state index contributed by atoms with van der Waals surface area (Å²) in [5.74, 6) is -0.591. The SMILES string of the molecule is Cc1ccc(S(=O)(=O)O)cc1NCCS(=O)(=O)c1cc(C(=O)c2ccc(N)cc2)c(C)cc1C. The van der Waals surface area contributed by atoms with Crippen LogP contribution < -0.4 is 11.1 Å². The van der Waals surface area contributed by atoms with Crippen molar-refractivity contribution in [2.45, 2.75) is 30.6 Å². The van der Waals surface area contributed by atoms with E-state index in [0.29, 0.717) is 39.2 Å². The Balaban J connectivity index is 1.85. The molecular formula is C24H26N2O6S2. The molecule has 0 aliphatic carbocycles. The highest BCUT2D eigenvalue weighted by Crippen LogP contribution is 2.25.